The monoisotopic (exact) mass is 272 g/mol. The molecule has 0 heterocycles. The second kappa shape index (κ2) is 10.2. The molecule has 0 bridgehead atoms. The minimum absolute atomic E-state index is 0.156. The Balaban J connectivity index is 3.80. The van der Waals surface area contributed by atoms with Gasteiger partial charge in [-0.15, -0.1) is 0 Å². The standard InChI is InChI=1S/C15H32N2O2/c1-15(2,3)13(9-10-16)7-8-14(18)17-11-5-6-12-19-4/h13H,5-12,16H2,1-4H3,(H,17,18). The van der Waals surface area contributed by atoms with Crippen LogP contribution >= 0.6 is 0 Å². The topological polar surface area (TPSA) is 64.3 Å². The lowest BCUT2D eigenvalue weighted by Gasteiger charge is -2.30. The van der Waals surface area contributed by atoms with Crippen LogP contribution < -0.4 is 11.1 Å². The molecule has 0 aromatic heterocycles. The fraction of sp³-hybridized carbons (Fsp3) is 0.933. The number of hydrogen-bond donors (Lipinski definition) is 2. The molecule has 0 saturated carbocycles. The summed E-state index contributed by atoms with van der Waals surface area (Å²) < 4.78 is 4.97. The van der Waals surface area contributed by atoms with Crippen LogP contribution in [0.25, 0.3) is 0 Å². The van der Waals surface area contributed by atoms with Crippen molar-refractivity contribution in [1.29, 1.82) is 0 Å². The fourth-order valence-electron chi connectivity index (χ4n) is 2.20. The molecule has 0 fully saturated rings. The van der Waals surface area contributed by atoms with E-state index in [1.807, 2.05) is 0 Å². The molecule has 0 aliphatic heterocycles. The van der Waals surface area contributed by atoms with Crippen molar-refractivity contribution in [2.24, 2.45) is 17.1 Å². The molecule has 0 aliphatic carbocycles. The number of nitrogens with one attached hydrogen (secondary N) is 1. The molecule has 0 radical (unpaired) electrons. The number of rotatable bonds is 10. The van der Waals surface area contributed by atoms with Gasteiger partial charge in [0, 0.05) is 26.7 Å². The molecular formula is C15H32N2O2. The van der Waals surface area contributed by atoms with E-state index in [-0.39, 0.29) is 11.3 Å². The van der Waals surface area contributed by atoms with Crippen LogP contribution in [0.15, 0.2) is 0 Å². The van der Waals surface area contributed by atoms with E-state index in [9.17, 15) is 4.79 Å². The van der Waals surface area contributed by atoms with E-state index in [1.54, 1.807) is 7.11 Å². The van der Waals surface area contributed by atoms with Crippen molar-refractivity contribution >= 4 is 5.91 Å². The van der Waals surface area contributed by atoms with Gasteiger partial charge in [0.2, 0.25) is 5.91 Å². The van der Waals surface area contributed by atoms with Gasteiger partial charge in [0.15, 0.2) is 0 Å². The first-order chi connectivity index (χ1) is 8.91. The molecule has 1 atom stereocenters. The van der Waals surface area contributed by atoms with E-state index < -0.39 is 0 Å². The molecule has 0 saturated heterocycles. The average molecular weight is 272 g/mol. The molecule has 0 aliphatic rings. The fourth-order valence-corrected chi connectivity index (χ4v) is 2.20. The lowest BCUT2D eigenvalue weighted by atomic mass is 9.76. The summed E-state index contributed by atoms with van der Waals surface area (Å²) in [6.07, 6.45) is 4.49. The van der Waals surface area contributed by atoms with Crippen LogP contribution in [-0.2, 0) is 9.53 Å². The highest BCUT2D eigenvalue weighted by Gasteiger charge is 2.24. The lowest BCUT2D eigenvalue weighted by Crippen LogP contribution is -2.28. The van der Waals surface area contributed by atoms with Gasteiger partial charge in [-0.05, 0) is 43.6 Å². The molecule has 4 nitrogen and oxygen atoms in total. The van der Waals surface area contributed by atoms with Crippen LogP contribution in [-0.4, -0.2) is 32.7 Å². The molecular weight excluding hydrogens is 240 g/mol. The molecule has 0 rings (SSSR count). The van der Waals surface area contributed by atoms with E-state index in [0.29, 0.717) is 18.9 Å². The summed E-state index contributed by atoms with van der Waals surface area (Å²) in [6, 6.07) is 0. The highest BCUT2D eigenvalue weighted by atomic mass is 16.5. The Hall–Kier alpha value is -0.610. The maximum Gasteiger partial charge on any atom is 0.220 e. The van der Waals surface area contributed by atoms with Crippen LogP contribution in [0.1, 0.15) is 52.9 Å². The number of ether oxygens (including phenoxy) is 1. The minimum Gasteiger partial charge on any atom is -0.385 e. The summed E-state index contributed by atoms with van der Waals surface area (Å²) in [5.41, 5.74) is 5.87. The number of methoxy groups -OCH3 is 1. The number of unbranched alkanes of at least 4 members (excludes halogenated alkanes) is 1. The third kappa shape index (κ3) is 9.91. The first-order valence-corrected chi connectivity index (χ1v) is 7.37. The van der Waals surface area contributed by atoms with Crippen LogP contribution in [0.5, 0.6) is 0 Å². The summed E-state index contributed by atoms with van der Waals surface area (Å²) in [5, 5.41) is 2.96. The Labute approximate surface area is 118 Å². The molecule has 3 N–H and O–H groups in total. The van der Waals surface area contributed by atoms with Crippen molar-refractivity contribution in [3.63, 3.8) is 0 Å². The molecule has 19 heavy (non-hydrogen) atoms. The van der Waals surface area contributed by atoms with Gasteiger partial charge in [-0.25, -0.2) is 0 Å². The summed E-state index contributed by atoms with van der Waals surface area (Å²) in [6.45, 7) is 8.86. The van der Waals surface area contributed by atoms with E-state index in [2.05, 4.69) is 26.1 Å². The van der Waals surface area contributed by atoms with E-state index in [4.69, 9.17) is 10.5 Å². The molecule has 4 heteroatoms. The minimum atomic E-state index is 0.156. The van der Waals surface area contributed by atoms with Crippen molar-refractivity contribution in [2.75, 3.05) is 26.8 Å². The summed E-state index contributed by atoms with van der Waals surface area (Å²) in [5.74, 6) is 0.667. The van der Waals surface area contributed by atoms with Crippen molar-refractivity contribution in [2.45, 2.75) is 52.9 Å². The van der Waals surface area contributed by atoms with Gasteiger partial charge in [0.25, 0.3) is 0 Å². The van der Waals surface area contributed by atoms with Gasteiger partial charge < -0.3 is 15.8 Å². The molecule has 0 aromatic carbocycles. The number of hydrogen-bond acceptors (Lipinski definition) is 3. The van der Waals surface area contributed by atoms with Crippen LogP contribution in [0.3, 0.4) is 0 Å². The summed E-state index contributed by atoms with van der Waals surface area (Å²) in [7, 11) is 1.70. The Kier molecular flexibility index (Phi) is 9.88. The zero-order valence-electron chi connectivity index (χ0n) is 13.1. The normalized spacial score (nSPS) is 13.3. The third-order valence-corrected chi connectivity index (χ3v) is 3.56. The predicted molar refractivity (Wildman–Crippen MR) is 80.0 cm³/mol. The van der Waals surface area contributed by atoms with Gasteiger partial charge in [-0.2, -0.15) is 0 Å². The third-order valence-electron chi connectivity index (χ3n) is 3.56. The van der Waals surface area contributed by atoms with Crippen LogP contribution in [0, 0.1) is 11.3 Å². The van der Waals surface area contributed by atoms with Crippen molar-refractivity contribution in [3.05, 3.63) is 0 Å². The maximum absolute atomic E-state index is 11.7. The lowest BCUT2D eigenvalue weighted by molar-refractivity contribution is -0.121. The average Bonchev–Trinajstić information content (AvgIpc) is 2.32. The summed E-state index contributed by atoms with van der Waals surface area (Å²) in [4.78, 5) is 11.7. The Bertz CT molecular complexity index is 237. The SMILES string of the molecule is COCCCCNC(=O)CCC(CCN)C(C)(C)C. The van der Waals surface area contributed by atoms with Crippen molar-refractivity contribution in [3.8, 4) is 0 Å². The molecule has 0 spiro atoms. The van der Waals surface area contributed by atoms with Crippen LogP contribution in [0.4, 0.5) is 0 Å². The highest BCUT2D eigenvalue weighted by Crippen LogP contribution is 2.31. The molecule has 1 unspecified atom stereocenters. The summed E-state index contributed by atoms with van der Waals surface area (Å²) >= 11 is 0. The second-order valence-electron chi connectivity index (χ2n) is 6.23. The zero-order valence-corrected chi connectivity index (χ0v) is 13.1. The Morgan fingerprint density at radius 3 is 2.47 bits per heavy atom. The number of carbonyl (C=O) groups is 1. The van der Waals surface area contributed by atoms with Crippen LogP contribution in [0.2, 0.25) is 0 Å². The van der Waals surface area contributed by atoms with Crippen molar-refractivity contribution < 1.29 is 9.53 Å². The molecule has 1 amide bonds. The number of nitrogens with two attached hydrogens (primary N) is 1. The quantitative estimate of drug-likeness (QED) is 0.600. The molecule has 0 aromatic rings. The number of carbonyl (C=O) groups excluding carboxylic acids is 1. The first kappa shape index (κ1) is 18.4. The number of amides is 1. The van der Waals surface area contributed by atoms with E-state index in [0.717, 1.165) is 38.8 Å². The Morgan fingerprint density at radius 2 is 1.95 bits per heavy atom. The first-order valence-electron chi connectivity index (χ1n) is 7.37. The van der Waals surface area contributed by atoms with Gasteiger partial charge in [0.1, 0.15) is 0 Å². The smallest absolute Gasteiger partial charge is 0.220 e. The largest absolute Gasteiger partial charge is 0.385 e. The van der Waals surface area contributed by atoms with Gasteiger partial charge in [-0.3, -0.25) is 4.79 Å². The van der Waals surface area contributed by atoms with E-state index in [1.165, 1.54) is 0 Å². The Morgan fingerprint density at radius 1 is 1.26 bits per heavy atom. The molecule has 114 valence electrons. The predicted octanol–water partition coefficient (Wildman–Crippen LogP) is 2.32. The zero-order chi connectivity index (χ0) is 14.7. The highest BCUT2D eigenvalue weighted by molar-refractivity contribution is 5.75. The maximum atomic E-state index is 11.7. The van der Waals surface area contributed by atoms with Gasteiger partial charge in [-0.1, -0.05) is 20.8 Å². The van der Waals surface area contributed by atoms with Crippen molar-refractivity contribution in [1.82, 2.24) is 5.32 Å². The second-order valence-corrected chi connectivity index (χ2v) is 6.23. The van der Waals surface area contributed by atoms with E-state index >= 15 is 0 Å². The van der Waals surface area contributed by atoms with Gasteiger partial charge in [0.05, 0.1) is 0 Å². The van der Waals surface area contributed by atoms with Gasteiger partial charge >= 0.3 is 0 Å².